The number of hydrogen-bond acceptors (Lipinski definition) is 14. The molecule has 19 heteroatoms. The van der Waals surface area contributed by atoms with E-state index in [1.54, 1.807) is 69.2 Å². The molecule has 0 saturated carbocycles. The standard InChI is InChI=1S/C31H50N6O13/c1-15(2)42-27(41)23-18(45-31(9,10)50-23)13-35-25(39)21-16(43-29(5,6)48-21)11-33-24(38)20-17(44-28(3,4)47-20)12-34-26(40)22-19(14-36-37-32)46-30(7,8)49-22/h15-23H,11-14H2,1-10H3,(H,33,38)(H,34,40)(H,35,39)/t16-,17-,18-,19-,20+,21+,22+,23+/m0/s1. The topological polar surface area (TPSA) is 236 Å². The van der Waals surface area contributed by atoms with Crippen LogP contribution < -0.4 is 16.0 Å². The summed E-state index contributed by atoms with van der Waals surface area (Å²) < 4.78 is 51.9. The molecule has 282 valence electrons. The second-order valence-corrected chi connectivity index (χ2v) is 14.5. The first-order valence-corrected chi connectivity index (χ1v) is 16.6. The van der Waals surface area contributed by atoms with Gasteiger partial charge >= 0.3 is 5.97 Å². The number of azide groups is 1. The number of carbonyl (C=O) groups is 4. The first kappa shape index (κ1) is 39.7. The second kappa shape index (κ2) is 15.2. The lowest BCUT2D eigenvalue weighted by Crippen LogP contribution is -2.52. The maximum absolute atomic E-state index is 13.4. The Bertz CT molecular complexity index is 1330. The summed E-state index contributed by atoms with van der Waals surface area (Å²) in [6.45, 7) is 16.1. The summed E-state index contributed by atoms with van der Waals surface area (Å²) in [5.74, 6) is -6.76. The normalized spacial score (nSPS) is 33.4. The Balaban J connectivity index is 1.34. The molecule has 4 fully saturated rings. The van der Waals surface area contributed by atoms with E-state index in [1.165, 1.54) is 0 Å². The van der Waals surface area contributed by atoms with Crippen LogP contribution in [0.1, 0.15) is 69.2 Å². The first-order chi connectivity index (χ1) is 23.1. The molecule has 4 aliphatic rings. The van der Waals surface area contributed by atoms with Crippen LogP contribution in [-0.2, 0) is 61.8 Å². The first-order valence-electron chi connectivity index (χ1n) is 16.6. The quantitative estimate of drug-likeness (QED) is 0.103. The Hall–Kier alpha value is -3.13. The highest BCUT2D eigenvalue weighted by atomic mass is 16.8. The smallest absolute Gasteiger partial charge is 0.338 e. The summed E-state index contributed by atoms with van der Waals surface area (Å²) in [5, 5.41) is 11.7. The summed E-state index contributed by atoms with van der Waals surface area (Å²) in [7, 11) is 0. The van der Waals surface area contributed by atoms with E-state index in [9.17, 15) is 19.2 Å². The van der Waals surface area contributed by atoms with E-state index in [0.717, 1.165) is 0 Å². The second-order valence-electron chi connectivity index (χ2n) is 14.5. The van der Waals surface area contributed by atoms with Crippen LogP contribution in [0.25, 0.3) is 10.4 Å². The van der Waals surface area contributed by atoms with Crippen molar-refractivity contribution >= 4 is 23.7 Å². The van der Waals surface area contributed by atoms with Gasteiger partial charge in [0.1, 0.15) is 24.4 Å². The molecule has 0 unspecified atom stereocenters. The van der Waals surface area contributed by atoms with Crippen molar-refractivity contribution < 1.29 is 61.8 Å². The number of nitrogens with one attached hydrogen (secondary N) is 3. The zero-order valence-electron chi connectivity index (χ0n) is 30.2. The molecule has 50 heavy (non-hydrogen) atoms. The predicted octanol–water partition coefficient (Wildman–Crippen LogP) is 0.677. The van der Waals surface area contributed by atoms with Crippen LogP contribution in [0.15, 0.2) is 5.11 Å². The third-order valence-corrected chi connectivity index (χ3v) is 7.85. The van der Waals surface area contributed by atoms with Crippen molar-refractivity contribution in [3.63, 3.8) is 0 Å². The van der Waals surface area contributed by atoms with Crippen LogP contribution in [-0.4, -0.2) is 128 Å². The predicted molar refractivity (Wildman–Crippen MR) is 170 cm³/mol. The average Bonchev–Trinajstić information content (AvgIpc) is 3.69. The fourth-order valence-corrected chi connectivity index (χ4v) is 6.11. The summed E-state index contributed by atoms with van der Waals surface area (Å²) in [5.41, 5.74) is 8.70. The molecule has 19 nitrogen and oxygen atoms in total. The van der Waals surface area contributed by atoms with Gasteiger partial charge in [0.2, 0.25) is 0 Å². The van der Waals surface area contributed by atoms with Crippen molar-refractivity contribution in [2.24, 2.45) is 5.11 Å². The number of amides is 3. The molecule has 0 aromatic heterocycles. The molecule has 8 atom stereocenters. The van der Waals surface area contributed by atoms with Gasteiger partial charge in [0.15, 0.2) is 47.6 Å². The third-order valence-electron chi connectivity index (χ3n) is 7.85. The number of nitrogens with zero attached hydrogens (tertiary/aromatic N) is 3. The van der Waals surface area contributed by atoms with E-state index in [4.69, 9.17) is 48.2 Å². The van der Waals surface area contributed by atoms with Gasteiger partial charge in [-0.2, -0.15) is 0 Å². The number of ether oxygens (including phenoxy) is 9. The van der Waals surface area contributed by atoms with Gasteiger partial charge in [-0.1, -0.05) is 5.11 Å². The minimum atomic E-state index is -1.16. The van der Waals surface area contributed by atoms with Crippen molar-refractivity contribution in [1.82, 2.24) is 16.0 Å². The third kappa shape index (κ3) is 10.2. The largest absolute Gasteiger partial charge is 0.461 e. The maximum Gasteiger partial charge on any atom is 0.338 e. The van der Waals surface area contributed by atoms with E-state index in [-0.39, 0.29) is 32.3 Å². The van der Waals surface area contributed by atoms with Crippen LogP contribution in [0.2, 0.25) is 0 Å². The van der Waals surface area contributed by atoms with Gasteiger partial charge < -0.3 is 58.6 Å². The highest BCUT2D eigenvalue weighted by Crippen LogP contribution is 2.32. The minimum Gasteiger partial charge on any atom is -0.461 e. The minimum absolute atomic E-state index is 0.0863. The Morgan fingerprint density at radius 1 is 0.600 bits per heavy atom. The monoisotopic (exact) mass is 714 g/mol. The molecule has 0 aliphatic carbocycles. The molecular weight excluding hydrogens is 664 g/mol. The number of hydrogen-bond donors (Lipinski definition) is 3. The Kier molecular flexibility index (Phi) is 12.1. The van der Waals surface area contributed by atoms with Gasteiger partial charge in [0, 0.05) is 24.5 Å². The van der Waals surface area contributed by atoms with Crippen molar-refractivity contribution in [2.45, 2.75) is 147 Å². The molecule has 0 aromatic rings. The average molecular weight is 715 g/mol. The van der Waals surface area contributed by atoms with E-state index >= 15 is 0 Å². The Labute approximate surface area is 290 Å². The fraction of sp³-hybridized carbons (Fsp3) is 0.871. The fourth-order valence-electron chi connectivity index (χ4n) is 6.11. The lowest BCUT2D eigenvalue weighted by atomic mass is 10.1. The lowest BCUT2D eigenvalue weighted by molar-refractivity contribution is -0.173. The molecule has 0 spiro atoms. The van der Waals surface area contributed by atoms with Gasteiger partial charge in [0.05, 0.1) is 12.6 Å². The molecule has 0 radical (unpaired) electrons. The van der Waals surface area contributed by atoms with Crippen LogP contribution in [0, 0.1) is 0 Å². The van der Waals surface area contributed by atoms with E-state index in [1.807, 2.05) is 0 Å². The van der Waals surface area contributed by atoms with Gasteiger partial charge in [-0.05, 0) is 74.8 Å². The molecule has 3 amide bonds. The van der Waals surface area contributed by atoms with Gasteiger partial charge in [-0.15, -0.1) is 0 Å². The molecule has 4 heterocycles. The zero-order chi connectivity index (χ0) is 37.2. The zero-order valence-corrected chi connectivity index (χ0v) is 30.2. The molecule has 0 aromatic carbocycles. The Morgan fingerprint density at radius 3 is 1.28 bits per heavy atom. The van der Waals surface area contributed by atoms with Crippen molar-refractivity contribution in [3.05, 3.63) is 10.4 Å². The van der Waals surface area contributed by atoms with Crippen LogP contribution in [0.3, 0.4) is 0 Å². The van der Waals surface area contributed by atoms with Gasteiger partial charge in [-0.25, -0.2) is 4.79 Å². The van der Waals surface area contributed by atoms with Crippen molar-refractivity contribution in [2.75, 3.05) is 26.2 Å². The van der Waals surface area contributed by atoms with Crippen molar-refractivity contribution in [3.8, 4) is 0 Å². The lowest BCUT2D eigenvalue weighted by Gasteiger charge is -2.22. The molecular formula is C31H50N6O13. The maximum atomic E-state index is 13.4. The number of rotatable bonds is 13. The number of carbonyl (C=O) groups excluding carboxylic acids is 4. The van der Waals surface area contributed by atoms with Crippen LogP contribution in [0.5, 0.6) is 0 Å². The molecule has 4 aliphatic heterocycles. The summed E-state index contributed by atoms with van der Waals surface area (Å²) >= 11 is 0. The van der Waals surface area contributed by atoms with E-state index in [0.29, 0.717) is 0 Å². The van der Waals surface area contributed by atoms with Gasteiger partial charge in [-0.3, -0.25) is 14.4 Å². The van der Waals surface area contributed by atoms with Crippen LogP contribution in [0.4, 0.5) is 0 Å². The summed E-state index contributed by atoms with van der Waals surface area (Å²) in [6, 6.07) is 0. The summed E-state index contributed by atoms with van der Waals surface area (Å²) in [6.07, 6.45) is -8.21. The van der Waals surface area contributed by atoms with Gasteiger partial charge in [0.25, 0.3) is 17.7 Å². The molecule has 4 rings (SSSR count). The van der Waals surface area contributed by atoms with E-state index in [2.05, 4.69) is 26.0 Å². The summed E-state index contributed by atoms with van der Waals surface area (Å²) in [4.78, 5) is 55.2. The molecule has 4 saturated heterocycles. The molecule has 3 N–H and O–H groups in total. The Morgan fingerprint density at radius 2 is 0.920 bits per heavy atom. The van der Waals surface area contributed by atoms with Crippen molar-refractivity contribution in [1.29, 1.82) is 0 Å². The van der Waals surface area contributed by atoms with E-state index < -0.39 is 95.7 Å². The highest BCUT2D eigenvalue weighted by Gasteiger charge is 2.51. The van der Waals surface area contributed by atoms with Crippen LogP contribution >= 0.6 is 0 Å². The highest BCUT2D eigenvalue weighted by molar-refractivity contribution is 5.84. The number of esters is 1. The molecule has 0 bridgehead atoms. The SMILES string of the molecule is CC(C)OC(=O)[C@@H]1OC(C)(C)O[C@H]1CNC(=O)[C@@H]1OC(C)(C)O[C@H]1CNC(=O)[C@@H]1OC(C)(C)O[C@H]1CNC(=O)[C@@H]1OC(C)(C)O[C@H]1CN=[N+]=[N-].